The van der Waals surface area contributed by atoms with Crippen molar-refractivity contribution in [3.8, 4) is 0 Å². The van der Waals surface area contributed by atoms with Gasteiger partial charge in [-0.1, -0.05) is 13.8 Å². The number of hydrogen-bond acceptors (Lipinski definition) is 2. The van der Waals surface area contributed by atoms with Crippen LogP contribution in [0.25, 0.3) is 0 Å². The lowest BCUT2D eigenvalue weighted by Crippen LogP contribution is -2.47. The zero-order chi connectivity index (χ0) is 11.4. The number of nitrogens with one attached hydrogen (secondary N) is 2. The Morgan fingerprint density at radius 3 is 2.33 bits per heavy atom. The lowest BCUT2D eigenvalue weighted by molar-refractivity contribution is -0.121. The van der Waals surface area contributed by atoms with E-state index in [4.69, 9.17) is 0 Å². The summed E-state index contributed by atoms with van der Waals surface area (Å²) in [5, 5.41) is 6.18. The largest absolute Gasteiger partial charge is 0.353 e. The number of amides is 1. The Morgan fingerprint density at radius 1 is 1.27 bits per heavy atom. The average Bonchev–Trinajstić information content (AvgIpc) is 1.98. The zero-order valence-corrected chi connectivity index (χ0v) is 10.3. The Kier molecular flexibility index (Phi) is 4.58. The molecule has 0 atom stereocenters. The highest BCUT2D eigenvalue weighted by molar-refractivity contribution is 5.78. The maximum atomic E-state index is 11.3. The summed E-state index contributed by atoms with van der Waals surface area (Å²) in [5.41, 5.74) is 0. The first-order valence-electron chi connectivity index (χ1n) is 6.01. The fraction of sp³-hybridized carbons (Fsp3) is 0.917. The minimum absolute atomic E-state index is 0.109. The van der Waals surface area contributed by atoms with E-state index in [1.54, 1.807) is 0 Å². The lowest BCUT2D eigenvalue weighted by Gasteiger charge is -2.38. The second-order valence-corrected chi connectivity index (χ2v) is 5.28. The monoisotopic (exact) mass is 212 g/mol. The summed E-state index contributed by atoms with van der Waals surface area (Å²) in [5.74, 6) is 1.75. The van der Waals surface area contributed by atoms with Crippen LogP contribution in [0, 0.1) is 11.8 Å². The van der Waals surface area contributed by atoms with Crippen LogP contribution >= 0.6 is 0 Å². The normalized spacial score (nSPS) is 25.5. The second kappa shape index (κ2) is 5.50. The Hall–Kier alpha value is -0.570. The summed E-state index contributed by atoms with van der Waals surface area (Å²) < 4.78 is 0. The molecule has 0 aliphatic heterocycles. The van der Waals surface area contributed by atoms with E-state index in [1.165, 1.54) is 12.8 Å². The van der Waals surface area contributed by atoms with Gasteiger partial charge in [0, 0.05) is 12.1 Å². The highest BCUT2D eigenvalue weighted by Gasteiger charge is 2.30. The van der Waals surface area contributed by atoms with Crippen molar-refractivity contribution in [1.29, 1.82) is 0 Å². The minimum Gasteiger partial charge on any atom is -0.353 e. The molecule has 3 heteroatoms. The van der Waals surface area contributed by atoms with E-state index in [-0.39, 0.29) is 11.9 Å². The number of carbonyl (C=O) groups excluding carboxylic acids is 1. The summed E-state index contributed by atoms with van der Waals surface area (Å²) in [6.07, 6.45) is 2.46. The van der Waals surface area contributed by atoms with Gasteiger partial charge < -0.3 is 10.6 Å². The molecule has 88 valence electrons. The predicted molar refractivity (Wildman–Crippen MR) is 62.6 cm³/mol. The molecule has 0 aromatic rings. The minimum atomic E-state index is 0.109. The van der Waals surface area contributed by atoms with Gasteiger partial charge in [0.15, 0.2) is 0 Å². The molecule has 0 radical (unpaired) electrons. The van der Waals surface area contributed by atoms with Crippen LogP contribution in [0.3, 0.4) is 0 Å². The molecular formula is C12H24N2O. The van der Waals surface area contributed by atoms with E-state index in [0.29, 0.717) is 12.6 Å². The zero-order valence-electron chi connectivity index (χ0n) is 10.3. The fourth-order valence-electron chi connectivity index (χ4n) is 1.98. The van der Waals surface area contributed by atoms with E-state index in [1.807, 2.05) is 13.8 Å². The fourth-order valence-corrected chi connectivity index (χ4v) is 1.98. The molecule has 0 bridgehead atoms. The average molecular weight is 212 g/mol. The Balaban J connectivity index is 2.05. The molecular weight excluding hydrogens is 188 g/mol. The molecule has 0 aromatic carbocycles. The van der Waals surface area contributed by atoms with Crippen molar-refractivity contribution in [3.05, 3.63) is 0 Å². The first-order chi connectivity index (χ1) is 6.99. The van der Waals surface area contributed by atoms with Gasteiger partial charge >= 0.3 is 0 Å². The van der Waals surface area contributed by atoms with E-state index < -0.39 is 0 Å². The SMILES string of the molecule is CC(C)NC(=O)CNC1CC(C(C)C)C1. The van der Waals surface area contributed by atoms with Gasteiger partial charge in [-0.3, -0.25) is 4.79 Å². The molecule has 0 aromatic heterocycles. The quantitative estimate of drug-likeness (QED) is 0.725. The number of hydrogen-bond donors (Lipinski definition) is 2. The Bertz CT molecular complexity index is 208. The van der Waals surface area contributed by atoms with Crippen molar-refractivity contribution in [2.75, 3.05) is 6.54 Å². The van der Waals surface area contributed by atoms with Gasteiger partial charge in [-0.25, -0.2) is 0 Å². The molecule has 3 nitrogen and oxygen atoms in total. The van der Waals surface area contributed by atoms with Crippen molar-refractivity contribution < 1.29 is 4.79 Å². The van der Waals surface area contributed by atoms with Gasteiger partial charge in [0.2, 0.25) is 5.91 Å². The number of rotatable bonds is 5. The lowest BCUT2D eigenvalue weighted by atomic mass is 9.74. The molecule has 1 aliphatic carbocycles. The highest BCUT2D eigenvalue weighted by atomic mass is 16.1. The van der Waals surface area contributed by atoms with Crippen LogP contribution < -0.4 is 10.6 Å². The van der Waals surface area contributed by atoms with E-state index in [2.05, 4.69) is 24.5 Å². The van der Waals surface area contributed by atoms with Crippen LogP contribution in [-0.2, 0) is 4.79 Å². The van der Waals surface area contributed by atoms with E-state index in [0.717, 1.165) is 11.8 Å². The maximum absolute atomic E-state index is 11.3. The standard InChI is InChI=1S/C12H24N2O/c1-8(2)10-5-11(6-10)13-7-12(15)14-9(3)4/h8-11,13H,5-7H2,1-4H3,(H,14,15). The van der Waals surface area contributed by atoms with Crippen LogP contribution in [0.15, 0.2) is 0 Å². The third-order valence-electron chi connectivity index (χ3n) is 3.12. The third-order valence-corrected chi connectivity index (χ3v) is 3.12. The molecule has 1 amide bonds. The van der Waals surface area contributed by atoms with Gasteiger partial charge in [-0.15, -0.1) is 0 Å². The van der Waals surface area contributed by atoms with Crippen molar-refractivity contribution >= 4 is 5.91 Å². The molecule has 1 saturated carbocycles. The molecule has 1 aliphatic rings. The van der Waals surface area contributed by atoms with Gasteiger partial charge in [-0.2, -0.15) is 0 Å². The van der Waals surface area contributed by atoms with Crippen LogP contribution in [0.2, 0.25) is 0 Å². The van der Waals surface area contributed by atoms with Crippen molar-refractivity contribution in [1.82, 2.24) is 10.6 Å². The summed E-state index contributed by atoms with van der Waals surface area (Å²) in [7, 11) is 0. The molecule has 0 unspecified atom stereocenters. The van der Waals surface area contributed by atoms with Gasteiger partial charge in [0.1, 0.15) is 0 Å². The van der Waals surface area contributed by atoms with Crippen LogP contribution in [0.5, 0.6) is 0 Å². The van der Waals surface area contributed by atoms with Gasteiger partial charge in [0.25, 0.3) is 0 Å². The van der Waals surface area contributed by atoms with E-state index in [9.17, 15) is 4.79 Å². The number of carbonyl (C=O) groups is 1. The summed E-state index contributed by atoms with van der Waals surface area (Å²) in [6, 6.07) is 0.805. The van der Waals surface area contributed by atoms with E-state index >= 15 is 0 Å². The maximum Gasteiger partial charge on any atom is 0.234 e. The predicted octanol–water partition coefficient (Wildman–Crippen LogP) is 1.54. The first-order valence-corrected chi connectivity index (χ1v) is 6.01. The van der Waals surface area contributed by atoms with Crippen LogP contribution in [0.1, 0.15) is 40.5 Å². The molecule has 15 heavy (non-hydrogen) atoms. The second-order valence-electron chi connectivity index (χ2n) is 5.28. The van der Waals surface area contributed by atoms with Crippen molar-refractivity contribution in [3.63, 3.8) is 0 Å². The highest BCUT2D eigenvalue weighted by Crippen LogP contribution is 2.33. The Morgan fingerprint density at radius 2 is 1.87 bits per heavy atom. The van der Waals surface area contributed by atoms with Crippen LogP contribution in [0.4, 0.5) is 0 Å². The van der Waals surface area contributed by atoms with Gasteiger partial charge in [-0.05, 0) is 38.5 Å². The topological polar surface area (TPSA) is 41.1 Å². The smallest absolute Gasteiger partial charge is 0.234 e. The molecule has 0 saturated heterocycles. The third kappa shape index (κ3) is 4.20. The molecule has 1 fully saturated rings. The van der Waals surface area contributed by atoms with Crippen LogP contribution in [-0.4, -0.2) is 24.5 Å². The van der Waals surface area contributed by atoms with Gasteiger partial charge in [0.05, 0.1) is 6.54 Å². The molecule has 0 heterocycles. The molecule has 2 N–H and O–H groups in total. The molecule has 1 rings (SSSR count). The van der Waals surface area contributed by atoms with Crippen molar-refractivity contribution in [2.24, 2.45) is 11.8 Å². The summed E-state index contributed by atoms with van der Waals surface area (Å²) in [4.78, 5) is 11.3. The first kappa shape index (κ1) is 12.5. The Labute approximate surface area is 93.0 Å². The summed E-state index contributed by atoms with van der Waals surface area (Å²) in [6.45, 7) is 8.97. The van der Waals surface area contributed by atoms with Crippen molar-refractivity contribution in [2.45, 2.75) is 52.6 Å². The molecule has 0 spiro atoms. The summed E-state index contributed by atoms with van der Waals surface area (Å²) >= 11 is 0.